The minimum Gasteiger partial charge on any atom is -0.387 e. The highest BCUT2D eigenvalue weighted by atomic mass is 16.3. The monoisotopic (exact) mass is 269 g/mol. The minimum atomic E-state index is -0.506. The van der Waals surface area contributed by atoms with Crippen LogP contribution in [0.4, 0.5) is 0 Å². The van der Waals surface area contributed by atoms with Crippen molar-refractivity contribution in [1.82, 2.24) is 5.32 Å². The number of aryl methyl sites for hydroxylation is 2. The summed E-state index contributed by atoms with van der Waals surface area (Å²) in [6.07, 6.45) is 0. The lowest BCUT2D eigenvalue weighted by Crippen LogP contribution is -2.32. The van der Waals surface area contributed by atoms with Crippen molar-refractivity contribution in [3.8, 4) is 0 Å². The Morgan fingerprint density at radius 1 is 1.00 bits per heavy atom. The molecule has 0 saturated carbocycles. The molecule has 2 rings (SSSR count). The van der Waals surface area contributed by atoms with Crippen LogP contribution >= 0.6 is 0 Å². The molecule has 0 atom stereocenters. The summed E-state index contributed by atoms with van der Waals surface area (Å²) in [5.41, 5.74) is 4.31. The van der Waals surface area contributed by atoms with Crippen molar-refractivity contribution in [2.75, 3.05) is 6.61 Å². The molecule has 0 unspecified atom stereocenters. The fraction of sp³-hybridized carbons (Fsp3) is 0.235. The van der Waals surface area contributed by atoms with Gasteiger partial charge in [-0.15, -0.1) is 0 Å². The summed E-state index contributed by atoms with van der Waals surface area (Å²) in [6.45, 7) is 3.53. The molecule has 0 aromatic heterocycles. The van der Waals surface area contributed by atoms with E-state index >= 15 is 0 Å². The van der Waals surface area contributed by atoms with E-state index in [4.69, 9.17) is 5.11 Å². The summed E-state index contributed by atoms with van der Waals surface area (Å²) in [5.74, 6) is -0.374. The molecule has 2 N–H and O–H groups in total. The molecule has 0 radical (unpaired) electrons. The van der Waals surface area contributed by atoms with Crippen LogP contribution in [0, 0.1) is 13.8 Å². The third-order valence-corrected chi connectivity index (χ3v) is 3.45. The van der Waals surface area contributed by atoms with E-state index in [1.165, 1.54) is 0 Å². The van der Waals surface area contributed by atoms with Crippen molar-refractivity contribution in [3.05, 3.63) is 70.8 Å². The molecule has 3 nitrogen and oxygen atoms in total. The van der Waals surface area contributed by atoms with E-state index in [-0.39, 0.29) is 11.9 Å². The second-order valence-corrected chi connectivity index (χ2v) is 4.87. The Bertz CT molecular complexity index is 562. The predicted molar refractivity (Wildman–Crippen MR) is 79.4 cm³/mol. The lowest BCUT2D eigenvalue weighted by atomic mass is 9.92. The Hall–Kier alpha value is -2.13. The molecule has 0 aliphatic heterocycles. The number of carbonyl (C=O) groups is 1. The predicted octanol–water partition coefficient (Wildman–Crippen LogP) is 2.50. The first-order valence-corrected chi connectivity index (χ1v) is 6.64. The largest absolute Gasteiger partial charge is 0.387 e. The Kier molecular flexibility index (Phi) is 4.53. The Balaban J connectivity index is 2.48. The fourth-order valence-corrected chi connectivity index (χ4v) is 2.35. The van der Waals surface area contributed by atoms with Gasteiger partial charge in [-0.1, -0.05) is 48.5 Å². The van der Waals surface area contributed by atoms with Crippen LogP contribution in [0.2, 0.25) is 0 Å². The molecule has 20 heavy (non-hydrogen) atoms. The molecular weight excluding hydrogens is 250 g/mol. The zero-order valence-corrected chi connectivity index (χ0v) is 11.8. The Morgan fingerprint density at radius 2 is 1.45 bits per heavy atom. The number of hydrogen-bond donors (Lipinski definition) is 2. The maximum atomic E-state index is 11.6. The third-order valence-electron chi connectivity index (χ3n) is 3.45. The number of rotatable bonds is 4. The van der Waals surface area contributed by atoms with Gasteiger partial charge < -0.3 is 10.4 Å². The smallest absolute Gasteiger partial charge is 0.246 e. The van der Waals surface area contributed by atoms with Crippen LogP contribution < -0.4 is 5.32 Å². The van der Waals surface area contributed by atoms with E-state index in [9.17, 15) is 4.79 Å². The van der Waals surface area contributed by atoms with Crippen LogP contribution in [-0.4, -0.2) is 17.6 Å². The molecular formula is C17H19NO2. The molecule has 0 saturated heterocycles. The van der Waals surface area contributed by atoms with E-state index < -0.39 is 6.61 Å². The second-order valence-electron chi connectivity index (χ2n) is 4.87. The zero-order chi connectivity index (χ0) is 14.5. The van der Waals surface area contributed by atoms with Crippen molar-refractivity contribution in [2.45, 2.75) is 19.9 Å². The highest BCUT2D eigenvalue weighted by Crippen LogP contribution is 2.27. The lowest BCUT2D eigenvalue weighted by molar-refractivity contribution is -0.124. The van der Waals surface area contributed by atoms with Gasteiger partial charge in [0.1, 0.15) is 6.61 Å². The van der Waals surface area contributed by atoms with E-state index in [2.05, 4.69) is 5.32 Å². The third kappa shape index (κ3) is 3.06. The van der Waals surface area contributed by atoms with E-state index in [1.807, 2.05) is 62.4 Å². The van der Waals surface area contributed by atoms with Gasteiger partial charge in [0, 0.05) is 0 Å². The number of hydrogen-bond acceptors (Lipinski definition) is 2. The van der Waals surface area contributed by atoms with Crippen molar-refractivity contribution in [1.29, 1.82) is 0 Å². The minimum absolute atomic E-state index is 0.239. The van der Waals surface area contributed by atoms with Gasteiger partial charge in [-0.2, -0.15) is 0 Å². The summed E-state index contributed by atoms with van der Waals surface area (Å²) >= 11 is 0. The normalized spacial score (nSPS) is 10.6. The molecule has 3 heteroatoms. The molecule has 0 bridgehead atoms. The van der Waals surface area contributed by atoms with Crippen molar-refractivity contribution in [3.63, 3.8) is 0 Å². The van der Waals surface area contributed by atoms with Gasteiger partial charge in [0.25, 0.3) is 0 Å². The number of nitrogens with one attached hydrogen (secondary N) is 1. The van der Waals surface area contributed by atoms with Crippen LogP contribution in [0.3, 0.4) is 0 Å². The summed E-state index contributed by atoms with van der Waals surface area (Å²) in [6, 6.07) is 15.7. The molecule has 0 aliphatic rings. The van der Waals surface area contributed by atoms with Gasteiger partial charge in [0.2, 0.25) is 5.91 Å². The number of aliphatic hydroxyl groups is 1. The van der Waals surface area contributed by atoms with Crippen LogP contribution in [-0.2, 0) is 4.79 Å². The summed E-state index contributed by atoms with van der Waals surface area (Å²) < 4.78 is 0. The second kappa shape index (κ2) is 6.35. The maximum absolute atomic E-state index is 11.6. The molecule has 0 fully saturated rings. The quantitative estimate of drug-likeness (QED) is 0.896. The number of amides is 1. The first-order chi connectivity index (χ1) is 9.63. The van der Waals surface area contributed by atoms with Gasteiger partial charge in [-0.25, -0.2) is 0 Å². The Morgan fingerprint density at radius 3 is 1.85 bits per heavy atom. The standard InChI is InChI=1S/C17H19NO2/c1-12-7-3-5-9-14(12)17(18-16(20)11-19)15-10-6-4-8-13(15)2/h3-10,17,19H,11H2,1-2H3,(H,18,20). The molecule has 0 heterocycles. The molecule has 0 aliphatic carbocycles. The van der Waals surface area contributed by atoms with Gasteiger partial charge in [0.15, 0.2) is 0 Å². The summed E-state index contributed by atoms with van der Waals surface area (Å²) in [5, 5.41) is 11.9. The molecule has 2 aromatic rings. The van der Waals surface area contributed by atoms with Crippen molar-refractivity contribution in [2.24, 2.45) is 0 Å². The Labute approximate surface area is 119 Å². The van der Waals surface area contributed by atoms with Crippen LogP contribution in [0.25, 0.3) is 0 Å². The van der Waals surface area contributed by atoms with E-state index in [0.717, 1.165) is 22.3 Å². The van der Waals surface area contributed by atoms with Crippen LogP contribution in [0.1, 0.15) is 28.3 Å². The van der Waals surface area contributed by atoms with Gasteiger partial charge in [-0.05, 0) is 36.1 Å². The van der Waals surface area contributed by atoms with Gasteiger partial charge in [-0.3, -0.25) is 4.79 Å². The highest BCUT2D eigenvalue weighted by molar-refractivity contribution is 5.78. The number of carbonyl (C=O) groups excluding carboxylic acids is 1. The number of aliphatic hydroxyl groups excluding tert-OH is 1. The van der Waals surface area contributed by atoms with Crippen LogP contribution in [0.15, 0.2) is 48.5 Å². The SMILES string of the molecule is Cc1ccccc1C(NC(=O)CO)c1ccccc1C. The van der Waals surface area contributed by atoms with Crippen molar-refractivity contribution >= 4 is 5.91 Å². The summed E-state index contributed by atoms with van der Waals surface area (Å²) in [7, 11) is 0. The molecule has 1 amide bonds. The maximum Gasteiger partial charge on any atom is 0.246 e. The first kappa shape index (κ1) is 14.3. The average Bonchev–Trinajstić information content (AvgIpc) is 2.46. The molecule has 0 spiro atoms. The zero-order valence-electron chi connectivity index (χ0n) is 11.8. The van der Waals surface area contributed by atoms with Crippen LogP contribution in [0.5, 0.6) is 0 Å². The van der Waals surface area contributed by atoms with Gasteiger partial charge >= 0.3 is 0 Å². The van der Waals surface area contributed by atoms with Gasteiger partial charge in [0.05, 0.1) is 6.04 Å². The fourth-order valence-electron chi connectivity index (χ4n) is 2.35. The lowest BCUT2D eigenvalue weighted by Gasteiger charge is -2.22. The first-order valence-electron chi connectivity index (χ1n) is 6.64. The molecule has 104 valence electrons. The summed E-state index contributed by atoms with van der Waals surface area (Å²) in [4.78, 5) is 11.6. The van der Waals surface area contributed by atoms with E-state index in [1.54, 1.807) is 0 Å². The van der Waals surface area contributed by atoms with E-state index in [0.29, 0.717) is 0 Å². The topological polar surface area (TPSA) is 49.3 Å². The highest BCUT2D eigenvalue weighted by Gasteiger charge is 2.19. The van der Waals surface area contributed by atoms with Crippen molar-refractivity contribution < 1.29 is 9.90 Å². The average molecular weight is 269 g/mol. The molecule has 2 aromatic carbocycles. The number of benzene rings is 2.